The summed E-state index contributed by atoms with van der Waals surface area (Å²) in [5.74, 6) is 0.760. The summed E-state index contributed by atoms with van der Waals surface area (Å²) < 4.78 is 0. The first-order valence-corrected chi connectivity index (χ1v) is 5.33. The fourth-order valence-corrected chi connectivity index (χ4v) is 3.17. The fourth-order valence-electron chi connectivity index (χ4n) is 3.17. The van der Waals surface area contributed by atoms with Crippen molar-refractivity contribution >= 4 is 5.78 Å². The number of nitrogens with zero attached hydrogens (tertiary/aromatic N) is 1. The number of carbonyl (C=O) groups is 1. The van der Waals surface area contributed by atoms with E-state index in [1.165, 1.54) is 0 Å². The van der Waals surface area contributed by atoms with Gasteiger partial charge in [-0.1, -0.05) is 20.8 Å². The predicted molar refractivity (Wildman–Crippen MR) is 53.3 cm³/mol. The van der Waals surface area contributed by atoms with E-state index in [1.807, 2.05) is 6.92 Å². The van der Waals surface area contributed by atoms with Crippen molar-refractivity contribution in [3.63, 3.8) is 0 Å². The smallest absolute Gasteiger partial charge is 0.140 e. The molecule has 2 rings (SSSR count). The molecular weight excluding hydrogens is 174 g/mol. The number of carbonyl (C=O) groups excluding carboxylic acids is 1. The molecule has 2 aliphatic rings. The molecule has 2 heteroatoms. The Bertz CT molecular complexity index is 326. The second-order valence-corrected chi connectivity index (χ2v) is 5.87. The summed E-state index contributed by atoms with van der Waals surface area (Å²) >= 11 is 0. The zero-order valence-electron chi connectivity index (χ0n) is 9.13. The van der Waals surface area contributed by atoms with Crippen molar-refractivity contribution in [3.05, 3.63) is 0 Å². The molecule has 2 nitrogen and oxygen atoms in total. The van der Waals surface area contributed by atoms with Crippen LogP contribution in [-0.2, 0) is 4.79 Å². The van der Waals surface area contributed by atoms with Crippen LogP contribution in [0.4, 0.5) is 0 Å². The molecule has 0 bridgehead atoms. The lowest BCUT2D eigenvalue weighted by Gasteiger charge is -2.56. The Labute approximate surface area is 85.3 Å². The third-order valence-electron chi connectivity index (χ3n) is 4.29. The molecule has 0 amide bonds. The second-order valence-electron chi connectivity index (χ2n) is 5.87. The molecule has 0 N–H and O–H groups in total. The van der Waals surface area contributed by atoms with Crippen molar-refractivity contribution in [1.29, 1.82) is 5.26 Å². The van der Waals surface area contributed by atoms with Crippen molar-refractivity contribution in [2.45, 2.75) is 40.0 Å². The topological polar surface area (TPSA) is 40.9 Å². The minimum Gasteiger partial charge on any atom is -0.299 e. The molecule has 0 aromatic rings. The summed E-state index contributed by atoms with van der Waals surface area (Å²) in [6.45, 7) is 6.31. The number of hydrogen-bond acceptors (Lipinski definition) is 2. The van der Waals surface area contributed by atoms with Crippen LogP contribution in [-0.4, -0.2) is 5.78 Å². The van der Waals surface area contributed by atoms with E-state index in [1.54, 1.807) is 0 Å². The van der Waals surface area contributed by atoms with Crippen molar-refractivity contribution in [3.8, 4) is 6.07 Å². The lowest BCUT2D eigenvalue weighted by atomic mass is 9.45. The summed E-state index contributed by atoms with van der Waals surface area (Å²) in [4.78, 5) is 12.0. The Morgan fingerprint density at radius 1 is 1.43 bits per heavy atom. The Hall–Kier alpha value is -0.840. The zero-order chi connectivity index (χ0) is 10.6. The van der Waals surface area contributed by atoms with Gasteiger partial charge in [0.2, 0.25) is 0 Å². The van der Waals surface area contributed by atoms with E-state index in [0.29, 0.717) is 18.1 Å². The summed E-state index contributed by atoms with van der Waals surface area (Å²) in [6, 6.07) is 2.28. The molecule has 0 spiro atoms. The molecule has 0 aromatic carbocycles. The molecule has 0 aromatic heterocycles. The van der Waals surface area contributed by atoms with Gasteiger partial charge in [-0.05, 0) is 24.2 Å². The first-order valence-electron chi connectivity index (χ1n) is 5.33. The average molecular weight is 191 g/mol. The first-order chi connectivity index (χ1) is 6.40. The van der Waals surface area contributed by atoms with Gasteiger partial charge in [-0.15, -0.1) is 0 Å². The molecule has 2 saturated carbocycles. The van der Waals surface area contributed by atoms with Crippen LogP contribution in [0.5, 0.6) is 0 Å². The molecule has 14 heavy (non-hydrogen) atoms. The number of Topliss-reactive ketones (excluding diaryl/α,β-unsaturated/α-hetero) is 1. The van der Waals surface area contributed by atoms with Gasteiger partial charge in [0.05, 0.1) is 12.0 Å². The largest absolute Gasteiger partial charge is 0.299 e. The molecule has 2 fully saturated rings. The molecule has 0 saturated heterocycles. The van der Waals surface area contributed by atoms with E-state index in [4.69, 9.17) is 5.26 Å². The monoisotopic (exact) mass is 191 g/mol. The SMILES string of the molecule is CC1(C)CC(=O)[C@@]2(C)[C@H](C[C@@H]2C#N)C1. The van der Waals surface area contributed by atoms with E-state index in [-0.39, 0.29) is 16.7 Å². The molecule has 0 radical (unpaired) electrons. The summed E-state index contributed by atoms with van der Waals surface area (Å²) in [5.41, 5.74) is -0.147. The van der Waals surface area contributed by atoms with Gasteiger partial charge in [-0.2, -0.15) is 5.26 Å². The molecule has 0 heterocycles. The van der Waals surface area contributed by atoms with Gasteiger partial charge in [0.15, 0.2) is 0 Å². The highest BCUT2D eigenvalue weighted by atomic mass is 16.1. The predicted octanol–water partition coefficient (Wildman–Crippen LogP) is 2.54. The van der Waals surface area contributed by atoms with Crippen LogP contribution < -0.4 is 0 Å². The van der Waals surface area contributed by atoms with Crippen LogP contribution in [0.1, 0.15) is 40.0 Å². The van der Waals surface area contributed by atoms with Crippen LogP contribution in [0, 0.1) is 34.0 Å². The molecule has 0 unspecified atom stereocenters. The van der Waals surface area contributed by atoms with Crippen molar-refractivity contribution in [2.75, 3.05) is 0 Å². The van der Waals surface area contributed by atoms with E-state index in [2.05, 4.69) is 19.9 Å². The Morgan fingerprint density at radius 3 is 2.57 bits per heavy atom. The lowest BCUT2D eigenvalue weighted by molar-refractivity contribution is -0.155. The third-order valence-corrected chi connectivity index (χ3v) is 4.29. The van der Waals surface area contributed by atoms with E-state index in [0.717, 1.165) is 12.8 Å². The number of hydrogen-bond donors (Lipinski definition) is 0. The van der Waals surface area contributed by atoms with Gasteiger partial charge >= 0.3 is 0 Å². The van der Waals surface area contributed by atoms with E-state index < -0.39 is 0 Å². The van der Waals surface area contributed by atoms with Gasteiger partial charge in [-0.3, -0.25) is 4.79 Å². The van der Waals surface area contributed by atoms with E-state index in [9.17, 15) is 4.79 Å². The molecule has 3 atom stereocenters. The van der Waals surface area contributed by atoms with Gasteiger partial charge < -0.3 is 0 Å². The van der Waals surface area contributed by atoms with Gasteiger partial charge in [0.1, 0.15) is 5.78 Å². The average Bonchev–Trinajstić information content (AvgIpc) is 2.07. The summed E-state index contributed by atoms with van der Waals surface area (Å²) in [6.07, 6.45) is 2.69. The Kier molecular flexibility index (Phi) is 1.80. The normalized spacial score (nSPS) is 44.9. The summed E-state index contributed by atoms with van der Waals surface area (Å²) in [5, 5.41) is 8.94. The molecular formula is C12H17NO. The molecule has 0 aliphatic heterocycles. The zero-order valence-corrected chi connectivity index (χ0v) is 9.13. The van der Waals surface area contributed by atoms with Gasteiger partial charge in [0, 0.05) is 11.8 Å². The third kappa shape index (κ3) is 1.05. The van der Waals surface area contributed by atoms with Gasteiger partial charge in [0.25, 0.3) is 0 Å². The standard InChI is InChI=1S/C12H17NO/c1-11(2)5-8-4-9(7-13)12(8,3)10(14)6-11/h8-9H,4-6H2,1-3H3/t8-,9-,12+/m1/s1. The number of ketones is 1. The lowest BCUT2D eigenvalue weighted by Crippen LogP contribution is -2.57. The summed E-state index contributed by atoms with van der Waals surface area (Å²) in [7, 11) is 0. The first kappa shape index (κ1) is 9.71. The molecule has 76 valence electrons. The minimum atomic E-state index is -0.301. The highest BCUT2D eigenvalue weighted by molar-refractivity contribution is 5.88. The van der Waals surface area contributed by atoms with Crippen LogP contribution in [0.2, 0.25) is 0 Å². The van der Waals surface area contributed by atoms with Crippen molar-refractivity contribution in [1.82, 2.24) is 0 Å². The Morgan fingerprint density at radius 2 is 2.07 bits per heavy atom. The van der Waals surface area contributed by atoms with Crippen molar-refractivity contribution in [2.24, 2.45) is 22.7 Å². The molecule has 2 aliphatic carbocycles. The van der Waals surface area contributed by atoms with Crippen LogP contribution in [0.3, 0.4) is 0 Å². The maximum absolute atomic E-state index is 12.0. The minimum absolute atomic E-state index is 0.0175. The quantitative estimate of drug-likeness (QED) is 0.590. The van der Waals surface area contributed by atoms with Crippen LogP contribution in [0.15, 0.2) is 0 Å². The number of rotatable bonds is 0. The van der Waals surface area contributed by atoms with Crippen molar-refractivity contribution < 1.29 is 4.79 Å². The highest BCUT2D eigenvalue weighted by Gasteiger charge is 2.60. The number of nitriles is 1. The maximum atomic E-state index is 12.0. The maximum Gasteiger partial charge on any atom is 0.140 e. The van der Waals surface area contributed by atoms with Crippen LogP contribution in [0.25, 0.3) is 0 Å². The fraction of sp³-hybridized carbons (Fsp3) is 0.833. The Balaban J connectivity index is 2.26. The number of fused-ring (bicyclic) bond motifs is 1. The van der Waals surface area contributed by atoms with E-state index >= 15 is 0 Å². The van der Waals surface area contributed by atoms with Crippen LogP contribution >= 0.6 is 0 Å². The van der Waals surface area contributed by atoms with Gasteiger partial charge in [-0.25, -0.2) is 0 Å². The highest BCUT2D eigenvalue weighted by Crippen LogP contribution is 2.60. The second kappa shape index (κ2) is 2.59.